The second-order valence-corrected chi connectivity index (χ2v) is 6.88. The molecule has 1 aromatic heterocycles. The van der Waals surface area contributed by atoms with Crippen LogP contribution >= 0.6 is 11.8 Å². The number of nitrogens with zero attached hydrogens (tertiary/aromatic N) is 3. The molecule has 2 aromatic carbocycles. The molecule has 5 heteroatoms. The van der Waals surface area contributed by atoms with Gasteiger partial charge in [-0.05, 0) is 30.7 Å². The highest BCUT2D eigenvalue weighted by atomic mass is 32.2. The normalized spacial score (nSPS) is 18.0. The van der Waals surface area contributed by atoms with Crippen molar-refractivity contribution in [2.45, 2.75) is 16.8 Å². The van der Waals surface area contributed by atoms with Gasteiger partial charge in [0.2, 0.25) is 5.91 Å². The van der Waals surface area contributed by atoms with E-state index in [0.717, 1.165) is 34.8 Å². The Bertz CT molecular complexity index is 859. The van der Waals surface area contributed by atoms with Gasteiger partial charge >= 0.3 is 0 Å². The SMILES string of the molecule is CN1CCC(Sc2nc3ccccc3n2-c2ccccc2)C1=O. The summed E-state index contributed by atoms with van der Waals surface area (Å²) in [7, 11) is 1.86. The van der Waals surface area contributed by atoms with Crippen LogP contribution in [0.25, 0.3) is 16.7 Å². The van der Waals surface area contributed by atoms with Gasteiger partial charge in [0, 0.05) is 19.3 Å². The van der Waals surface area contributed by atoms with Crippen molar-refractivity contribution in [3.05, 3.63) is 54.6 Å². The van der Waals surface area contributed by atoms with Crippen LogP contribution in [0.15, 0.2) is 59.8 Å². The summed E-state index contributed by atoms with van der Waals surface area (Å²) in [5.74, 6) is 0.196. The van der Waals surface area contributed by atoms with Crippen molar-refractivity contribution in [2.24, 2.45) is 0 Å². The second kappa shape index (κ2) is 5.74. The third-order valence-corrected chi connectivity index (χ3v) is 5.38. The number of benzene rings is 2. The lowest BCUT2D eigenvalue weighted by molar-refractivity contribution is -0.126. The maximum atomic E-state index is 12.2. The minimum absolute atomic E-state index is 0.0423. The summed E-state index contributed by atoms with van der Waals surface area (Å²) in [4.78, 5) is 18.8. The lowest BCUT2D eigenvalue weighted by Crippen LogP contribution is -2.24. The van der Waals surface area contributed by atoms with E-state index in [4.69, 9.17) is 4.98 Å². The molecule has 23 heavy (non-hydrogen) atoms. The largest absolute Gasteiger partial charge is 0.345 e. The van der Waals surface area contributed by atoms with Crippen molar-refractivity contribution in [1.29, 1.82) is 0 Å². The molecule has 0 bridgehead atoms. The molecule has 4 rings (SSSR count). The van der Waals surface area contributed by atoms with Gasteiger partial charge < -0.3 is 4.90 Å². The monoisotopic (exact) mass is 323 g/mol. The predicted molar refractivity (Wildman–Crippen MR) is 93.0 cm³/mol. The quantitative estimate of drug-likeness (QED) is 0.742. The first-order valence-corrected chi connectivity index (χ1v) is 8.56. The maximum absolute atomic E-state index is 12.2. The molecule has 3 aromatic rings. The van der Waals surface area contributed by atoms with E-state index in [2.05, 4.69) is 22.8 Å². The molecule has 1 saturated heterocycles. The Kier molecular flexibility index (Phi) is 3.58. The minimum atomic E-state index is -0.0423. The second-order valence-electron chi connectivity index (χ2n) is 5.71. The zero-order valence-corrected chi connectivity index (χ0v) is 13.7. The molecule has 0 N–H and O–H groups in total. The van der Waals surface area contributed by atoms with Gasteiger partial charge in [-0.1, -0.05) is 42.1 Å². The fourth-order valence-corrected chi connectivity index (χ4v) is 4.16. The number of carbonyl (C=O) groups is 1. The van der Waals surface area contributed by atoms with E-state index < -0.39 is 0 Å². The number of hydrogen-bond acceptors (Lipinski definition) is 3. The zero-order chi connectivity index (χ0) is 15.8. The van der Waals surface area contributed by atoms with E-state index in [1.54, 1.807) is 16.7 Å². The van der Waals surface area contributed by atoms with E-state index in [9.17, 15) is 4.79 Å². The van der Waals surface area contributed by atoms with Crippen LogP contribution in [-0.4, -0.2) is 39.2 Å². The third kappa shape index (κ3) is 2.51. The van der Waals surface area contributed by atoms with Crippen LogP contribution in [0.2, 0.25) is 0 Å². The molecule has 1 unspecified atom stereocenters. The van der Waals surface area contributed by atoms with Crippen molar-refractivity contribution < 1.29 is 4.79 Å². The number of fused-ring (bicyclic) bond motifs is 1. The summed E-state index contributed by atoms with van der Waals surface area (Å²) in [6, 6.07) is 18.3. The van der Waals surface area contributed by atoms with Crippen LogP contribution in [0.5, 0.6) is 0 Å². The number of imidazole rings is 1. The summed E-state index contributed by atoms with van der Waals surface area (Å²) in [5.41, 5.74) is 3.10. The topological polar surface area (TPSA) is 38.1 Å². The molecule has 0 radical (unpaired) electrons. The molecule has 0 saturated carbocycles. The van der Waals surface area contributed by atoms with E-state index >= 15 is 0 Å². The number of para-hydroxylation sites is 3. The molecule has 1 fully saturated rings. The Balaban J connectivity index is 1.81. The molecule has 1 aliphatic rings. The van der Waals surface area contributed by atoms with Crippen molar-refractivity contribution in [3.8, 4) is 5.69 Å². The van der Waals surface area contributed by atoms with Crippen LogP contribution in [0.3, 0.4) is 0 Å². The minimum Gasteiger partial charge on any atom is -0.345 e. The lowest BCUT2D eigenvalue weighted by Gasteiger charge is -2.12. The molecular weight excluding hydrogens is 306 g/mol. The number of carbonyl (C=O) groups excluding carboxylic acids is 1. The van der Waals surface area contributed by atoms with Crippen LogP contribution < -0.4 is 0 Å². The van der Waals surface area contributed by atoms with Gasteiger partial charge in [-0.2, -0.15) is 0 Å². The summed E-state index contributed by atoms with van der Waals surface area (Å²) in [6.07, 6.45) is 0.873. The Labute approximate surface area is 139 Å². The third-order valence-electron chi connectivity index (χ3n) is 4.17. The number of hydrogen-bond donors (Lipinski definition) is 0. The Morgan fingerprint density at radius 3 is 2.57 bits per heavy atom. The van der Waals surface area contributed by atoms with Crippen LogP contribution in [0.1, 0.15) is 6.42 Å². The standard InChI is InChI=1S/C18H17N3OS/c1-20-12-11-16(17(20)22)23-18-19-14-9-5-6-10-15(14)21(18)13-7-3-2-4-8-13/h2-10,16H,11-12H2,1H3. The first-order valence-electron chi connectivity index (χ1n) is 7.68. The van der Waals surface area contributed by atoms with Crippen LogP contribution in [0.4, 0.5) is 0 Å². The molecule has 2 heterocycles. The number of aromatic nitrogens is 2. The van der Waals surface area contributed by atoms with Gasteiger partial charge in [0.05, 0.1) is 16.3 Å². The van der Waals surface area contributed by atoms with Gasteiger partial charge in [0.15, 0.2) is 5.16 Å². The average Bonchev–Trinajstić information content (AvgIpc) is 3.10. The fourth-order valence-electron chi connectivity index (χ4n) is 2.94. The van der Waals surface area contributed by atoms with Crippen LogP contribution in [0, 0.1) is 0 Å². The Morgan fingerprint density at radius 1 is 1.09 bits per heavy atom. The van der Waals surface area contributed by atoms with E-state index in [1.807, 2.05) is 43.4 Å². The van der Waals surface area contributed by atoms with Gasteiger partial charge in [-0.15, -0.1) is 0 Å². The molecule has 4 nitrogen and oxygen atoms in total. The Hall–Kier alpha value is -2.27. The van der Waals surface area contributed by atoms with Crippen molar-refractivity contribution in [2.75, 3.05) is 13.6 Å². The fraction of sp³-hybridized carbons (Fsp3) is 0.222. The number of thioether (sulfide) groups is 1. The van der Waals surface area contributed by atoms with Crippen molar-refractivity contribution in [3.63, 3.8) is 0 Å². The average molecular weight is 323 g/mol. The molecule has 1 atom stereocenters. The molecule has 0 spiro atoms. The van der Waals surface area contributed by atoms with E-state index in [-0.39, 0.29) is 11.2 Å². The summed E-state index contributed by atoms with van der Waals surface area (Å²) < 4.78 is 2.14. The Morgan fingerprint density at radius 2 is 1.83 bits per heavy atom. The van der Waals surface area contributed by atoms with E-state index in [0.29, 0.717) is 0 Å². The van der Waals surface area contributed by atoms with Gasteiger partial charge in [0.25, 0.3) is 0 Å². The highest BCUT2D eigenvalue weighted by Gasteiger charge is 2.31. The molecule has 1 aliphatic heterocycles. The number of rotatable bonds is 3. The van der Waals surface area contributed by atoms with E-state index in [1.165, 1.54) is 0 Å². The first kappa shape index (κ1) is 14.3. The number of likely N-dealkylation sites (tertiary alicyclic amines) is 1. The zero-order valence-electron chi connectivity index (χ0n) is 12.8. The summed E-state index contributed by atoms with van der Waals surface area (Å²) in [6.45, 7) is 0.821. The highest BCUT2D eigenvalue weighted by Crippen LogP contribution is 2.33. The highest BCUT2D eigenvalue weighted by molar-refractivity contribution is 8.00. The van der Waals surface area contributed by atoms with Gasteiger partial charge in [-0.3, -0.25) is 9.36 Å². The molecule has 0 aliphatic carbocycles. The first-order chi connectivity index (χ1) is 11.2. The van der Waals surface area contributed by atoms with Crippen LogP contribution in [-0.2, 0) is 4.79 Å². The predicted octanol–water partition coefficient (Wildman–Crippen LogP) is 3.35. The number of amides is 1. The lowest BCUT2D eigenvalue weighted by atomic mass is 10.3. The molecular formula is C18H17N3OS. The smallest absolute Gasteiger partial charge is 0.235 e. The molecule has 1 amide bonds. The van der Waals surface area contributed by atoms with Crippen molar-refractivity contribution in [1.82, 2.24) is 14.5 Å². The molecule has 116 valence electrons. The van der Waals surface area contributed by atoms with Gasteiger partial charge in [0.1, 0.15) is 0 Å². The van der Waals surface area contributed by atoms with Gasteiger partial charge in [-0.25, -0.2) is 4.98 Å². The summed E-state index contributed by atoms with van der Waals surface area (Å²) in [5, 5.41) is 0.838. The summed E-state index contributed by atoms with van der Waals surface area (Å²) >= 11 is 1.57. The van der Waals surface area contributed by atoms with Crippen molar-refractivity contribution >= 4 is 28.7 Å². The maximum Gasteiger partial charge on any atom is 0.235 e.